The monoisotopic (exact) mass is 219 g/mol. The fourth-order valence-corrected chi connectivity index (χ4v) is 1.82. The minimum Gasteiger partial charge on any atom is -0.480 e. The molecule has 0 saturated heterocycles. The third-order valence-corrected chi connectivity index (χ3v) is 2.78. The molecular formula is C8H17N3O2S. The van der Waals surface area contributed by atoms with Gasteiger partial charge in [0.2, 0.25) is 0 Å². The van der Waals surface area contributed by atoms with Crippen molar-refractivity contribution >= 4 is 23.6 Å². The first kappa shape index (κ1) is 13.2. The van der Waals surface area contributed by atoms with Crippen LogP contribution in [0.2, 0.25) is 0 Å². The Morgan fingerprint density at radius 3 is 2.64 bits per heavy atom. The van der Waals surface area contributed by atoms with Crippen molar-refractivity contribution in [1.82, 2.24) is 5.32 Å². The Hall–Kier alpha value is -0.750. The SMILES string of the molecule is CC(=N)N[C@H](C)CSCC(N)C(=O)O. The average molecular weight is 219 g/mol. The highest BCUT2D eigenvalue weighted by Gasteiger charge is 2.11. The Morgan fingerprint density at radius 2 is 2.21 bits per heavy atom. The largest absolute Gasteiger partial charge is 0.480 e. The summed E-state index contributed by atoms with van der Waals surface area (Å²) in [6.07, 6.45) is 0. The third kappa shape index (κ3) is 6.73. The van der Waals surface area contributed by atoms with Crippen LogP contribution in [0.5, 0.6) is 0 Å². The van der Waals surface area contributed by atoms with Gasteiger partial charge in [0.1, 0.15) is 6.04 Å². The highest BCUT2D eigenvalue weighted by molar-refractivity contribution is 7.99. The Morgan fingerprint density at radius 1 is 1.64 bits per heavy atom. The lowest BCUT2D eigenvalue weighted by Crippen LogP contribution is -2.35. The molecule has 0 saturated carbocycles. The first-order chi connectivity index (χ1) is 6.43. The molecule has 5 N–H and O–H groups in total. The van der Waals surface area contributed by atoms with Crippen molar-refractivity contribution in [3.8, 4) is 0 Å². The second kappa shape index (κ2) is 6.67. The molecule has 6 heteroatoms. The van der Waals surface area contributed by atoms with E-state index in [-0.39, 0.29) is 6.04 Å². The minimum absolute atomic E-state index is 0.165. The summed E-state index contributed by atoms with van der Waals surface area (Å²) in [5.74, 6) is 0.595. The van der Waals surface area contributed by atoms with E-state index in [0.29, 0.717) is 11.6 Å². The van der Waals surface area contributed by atoms with E-state index >= 15 is 0 Å². The van der Waals surface area contributed by atoms with Gasteiger partial charge >= 0.3 is 5.97 Å². The first-order valence-corrected chi connectivity index (χ1v) is 5.46. The summed E-state index contributed by atoms with van der Waals surface area (Å²) in [4.78, 5) is 10.4. The molecule has 0 rings (SSSR count). The maximum absolute atomic E-state index is 10.4. The average Bonchev–Trinajstić information content (AvgIpc) is 2.02. The zero-order valence-corrected chi connectivity index (χ0v) is 9.23. The summed E-state index contributed by atoms with van der Waals surface area (Å²) in [7, 11) is 0. The number of aliphatic carboxylic acids is 1. The van der Waals surface area contributed by atoms with Gasteiger partial charge in [-0.05, 0) is 13.8 Å². The zero-order valence-electron chi connectivity index (χ0n) is 8.41. The van der Waals surface area contributed by atoms with Gasteiger partial charge in [0, 0.05) is 17.5 Å². The predicted molar refractivity (Wildman–Crippen MR) is 58.9 cm³/mol. The number of hydrogen-bond donors (Lipinski definition) is 4. The van der Waals surface area contributed by atoms with Crippen LogP contribution in [0.25, 0.3) is 0 Å². The van der Waals surface area contributed by atoms with Crippen LogP contribution in [0.3, 0.4) is 0 Å². The van der Waals surface area contributed by atoms with Gasteiger partial charge in [0.05, 0.1) is 5.84 Å². The van der Waals surface area contributed by atoms with E-state index in [9.17, 15) is 4.79 Å². The summed E-state index contributed by atoms with van der Waals surface area (Å²) >= 11 is 1.47. The lowest BCUT2D eigenvalue weighted by molar-refractivity contribution is -0.137. The summed E-state index contributed by atoms with van der Waals surface area (Å²) in [5, 5.41) is 18.6. The summed E-state index contributed by atoms with van der Waals surface area (Å²) < 4.78 is 0. The minimum atomic E-state index is -0.971. The maximum atomic E-state index is 10.4. The molecule has 0 spiro atoms. The summed E-state index contributed by atoms with van der Waals surface area (Å²) in [5.41, 5.74) is 5.32. The van der Waals surface area contributed by atoms with E-state index in [4.69, 9.17) is 16.2 Å². The van der Waals surface area contributed by atoms with E-state index in [2.05, 4.69) is 5.32 Å². The molecule has 0 amide bonds. The molecule has 1 unspecified atom stereocenters. The number of carboxylic acid groups (broad SMARTS) is 1. The summed E-state index contributed by atoms with van der Waals surface area (Å²) in [6, 6.07) is -0.633. The van der Waals surface area contributed by atoms with Crippen molar-refractivity contribution in [3.63, 3.8) is 0 Å². The Labute approximate surface area is 87.9 Å². The van der Waals surface area contributed by atoms with Gasteiger partial charge < -0.3 is 16.2 Å². The molecule has 0 aromatic heterocycles. The third-order valence-electron chi connectivity index (χ3n) is 1.45. The number of nitrogens with one attached hydrogen (secondary N) is 2. The second-order valence-electron chi connectivity index (χ2n) is 3.15. The maximum Gasteiger partial charge on any atom is 0.321 e. The molecule has 14 heavy (non-hydrogen) atoms. The van der Waals surface area contributed by atoms with E-state index in [1.54, 1.807) is 6.92 Å². The number of nitrogens with two attached hydrogens (primary N) is 1. The zero-order chi connectivity index (χ0) is 11.1. The number of rotatable bonds is 6. The van der Waals surface area contributed by atoms with E-state index in [1.165, 1.54) is 11.8 Å². The Bertz CT molecular complexity index is 211. The normalized spacial score (nSPS) is 14.5. The van der Waals surface area contributed by atoms with Gasteiger partial charge in [-0.25, -0.2) is 0 Å². The first-order valence-electron chi connectivity index (χ1n) is 4.31. The van der Waals surface area contributed by atoms with Crippen molar-refractivity contribution in [3.05, 3.63) is 0 Å². The Kier molecular flexibility index (Phi) is 6.31. The van der Waals surface area contributed by atoms with Crippen molar-refractivity contribution in [1.29, 1.82) is 5.41 Å². The van der Waals surface area contributed by atoms with Crippen LogP contribution in [-0.2, 0) is 4.79 Å². The number of carboxylic acids is 1. The predicted octanol–water partition coefficient (Wildman–Crippen LogP) is 0.107. The molecule has 5 nitrogen and oxygen atoms in total. The van der Waals surface area contributed by atoms with Crippen molar-refractivity contribution in [2.75, 3.05) is 11.5 Å². The molecule has 0 radical (unpaired) electrons. The molecule has 0 fully saturated rings. The van der Waals surface area contributed by atoms with Crippen molar-refractivity contribution < 1.29 is 9.90 Å². The standard InChI is InChI=1S/C8H17N3O2S/c1-5(11-6(2)9)3-14-4-7(10)8(12)13/h5,7H,3-4,10H2,1-2H3,(H2,9,11)(H,12,13)/t5-,7?/m1/s1. The van der Waals surface area contributed by atoms with Crippen molar-refractivity contribution in [2.45, 2.75) is 25.9 Å². The van der Waals surface area contributed by atoms with Gasteiger partial charge in [-0.2, -0.15) is 11.8 Å². The van der Waals surface area contributed by atoms with Crippen LogP contribution in [0.4, 0.5) is 0 Å². The van der Waals surface area contributed by atoms with Gasteiger partial charge in [-0.15, -0.1) is 0 Å². The summed E-state index contributed by atoms with van der Waals surface area (Å²) in [6.45, 7) is 3.61. The number of carbonyl (C=O) groups is 1. The smallest absolute Gasteiger partial charge is 0.321 e. The molecule has 0 aromatic carbocycles. The van der Waals surface area contributed by atoms with E-state index in [0.717, 1.165) is 5.75 Å². The fraction of sp³-hybridized carbons (Fsp3) is 0.750. The second-order valence-corrected chi connectivity index (χ2v) is 4.23. The van der Waals surface area contributed by atoms with Gasteiger partial charge in [-0.1, -0.05) is 0 Å². The molecule has 0 aliphatic heterocycles. The molecule has 82 valence electrons. The van der Waals surface area contributed by atoms with Crippen LogP contribution in [0.15, 0.2) is 0 Å². The lowest BCUT2D eigenvalue weighted by Gasteiger charge is -2.14. The van der Waals surface area contributed by atoms with Gasteiger partial charge in [-0.3, -0.25) is 10.2 Å². The topological polar surface area (TPSA) is 99.2 Å². The van der Waals surface area contributed by atoms with Gasteiger partial charge in [0.15, 0.2) is 0 Å². The van der Waals surface area contributed by atoms with Crippen LogP contribution in [0.1, 0.15) is 13.8 Å². The van der Waals surface area contributed by atoms with Gasteiger partial charge in [0.25, 0.3) is 0 Å². The molecule has 0 aromatic rings. The number of thioether (sulfide) groups is 1. The van der Waals surface area contributed by atoms with E-state index < -0.39 is 12.0 Å². The Balaban J connectivity index is 3.53. The molecule has 0 bridgehead atoms. The molecule has 0 aliphatic carbocycles. The highest BCUT2D eigenvalue weighted by Crippen LogP contribution is 2.04. The highest BCUT2D eigenvalue weighted by atomic mass is 32.2. The molecule has 0 aliphatic rings. The van der Waals surface area contributed by atoms with E-state index in [1.807, 2.05) is 6.92 Å². The molecule has 2 atom stereocenters. The lowest BCUT2D eigenvalue weighted by atomic mass is 10.4. The number of amidine groups is 1. The molecule has 0 heterocycles. The van der Waals surface area contributed by atoms with Crippen LogP contribution >= 0.6 is 11.8 Å². The fourth-order valence-electron chi connectivity index (χ4n) is 0.854. The van der Waals surface area contributed by atoms with Crippen LogP contribution < -0.4 is 11.1 Å². The van der Waals surface area contributed by atoms with Crippen LogP contribution in [-0.4, -0.2) is 40.5 Å². The number of hydrogen-bond acceptors (Lipinski definition) is 4. The van der Waals surface area contributed by atoms with Crippen molar-refractivity contribution in [2.24, 2.45) is 5.73 Å². The molecular weight excluding hydrogens is 202 g/mol. The van der Waals surface area contributed by atoms with Crippen LogP contribution in [0, 0.1) is 5.41 Å². The quantitative estimate of drug-likeness (QED) is 0.375.